The van der Waals surface area contributed by atoms with Gasteiger partial charge >= 0.3 is 5.97 Å². The number of carbonyl (C=O) groups excluding carboxylic acids is 1. The van der Waals surface area contributed by atoms with Crippen molar-refractivity contribution in [3.05, 3.63) is 64.5 Å². The summed E-state index contributed by atoms with van der Waals surface area (Å²) in [6.45, 7) is 12.9. The molecule has 0 fully saturated rings. The van der Waals surface area contributed by atoms with Gasteiger partial charge in [0.15, 0.2) is 0 Å². The topological polar surface area (TPSA) is 26.3 Å². The van der Waals surface area contributed by atoms with Crippen molar-refractivity contribution >= 4 is 5.97 Å². The van der Waals surface area contributed by atoms with Gasteiger partial charge in [-0.1, -0.05) is 71.9 Å². The molecule has 138 valence electrons. The molecule has 3 rings (SSSR count). The van der Waals surface area contributed by atoms with Crippen molar-refractivity contribution in [2.24, 2.45) is 0 Å². The first-order valence-corrected chi connectivity index (χ1v) is 9.12. The Bertz CT molecular complexity index is 853. The highest BCUT2D eigenvalue weighted by Crippen LogP contribution is 2.43. The maximum atomic E-state index is 14.3. The van der Waals surface area contributed by atoms with Crippen molar-refractivity contribution in [3.8, 4) is 5.75 Å². The van der Waals surface area contributed by atoms with Crippen LogP contribution in [0, 0.1) is 5.82 Å². The third-order valence-corrected chi connectivity index (χ3v) is 5.03. The zero-order chi connectivity index (χ0) is 19.3. The van der Waals surface area contributed by atoms with E-state index < -0.39 is 5.92 Å². The highest BCUT2D eigenvalue weighted by atomic mass is 19.1. The van der Waals surface area contributed by atoms with Gasteiger partial charge in [-0.2, -0.15) is 0 Å². The van der Waals surface area contributed by atoms with Gasteiger partial charge in [0.05, 0.1) is 5.92 Å². The molecule has 0 amide bonds. The summed E-state index contributed by atoms with van der Waals surface area (Å²) in [5, 5.41) is 0. The molecule has 0 bridgehead atoms. The number of esters is 1. The van der Waals surface area contributed by atoms with Crippen LogP contribution in [0.1, 0.15) is 69.7 Å². The molecule has 2 nitrogen and oxygen atoms in total. The van der Waals surface area contributed by atoms with Crippen LogP contribution in [0.3, 0.4) is 0 Å². The van der Waals surface area contributed by atoms with Gasteiger partial charge < -0.3 is 4.74 Å². The molecule has 0 N–H and O–H groups in total. The monoisotopic (exact) mass is 354 g/mol. The summed E-state index contributed by atoms with van der Waals surface area (Å²) in [5.41, 5.74) is 3.43. The standard InChI is InChI=1S/C23H27FO2/c1-22(2,3)15-11-14-12-17(16-9-7-8-10-19(16)24)21(25)26-20(14)18(13-15)23(4,5)6/h7-11,13,17H,12H2,1-6H3. The fraction of sp³-hybridized carbons (Fsp3) is 0.435. The SMILES string of the molecule is CC(C)(C)c1cc2c(c(C(C)(C)C)c1)OC(=O)C(c1ccccc1F)C2. The third kappa shape index (κ3) is 3.40. The Balaban J connectivity index is 2.15. The van der Waals surface area contributed by atoms with Crippen molar-refractivity contribution in [1.29, 1.82) is 0 Å². The summed E-state index contributed by atoms with van der Waals surface area (Å²) in [6.07, 6.45) is 0.460. The maximum absolute atomic E-state index is 14.3. The Morgan fingerprint density at radius 2 is 1.65 bits per heavy atom. The molecule has 1 aliphatic heterocycles. The third-order valence-electron chi connectivity index (χ3n) is 5.03. The Morgan fingerprint density at radius 3 is 2.23 bits per heavy atom. The van der Waals surface area contributed by atoms with Crippen molar-refractivity contribution in [2.75, 3.05) is 0 Å². The summed E-state index contributed by atoms with van der Waals surface area (Å²) < 4.78 is 20.0. The average Bonchev–Trinajstić information content (AvgIpc) is 2.52. The Hall–Kier alpha value is -2.16. The van der Waals surface area contributed by atoms with Gasteiger partial charge in [-0.05, 0) is 34.4 Å². The largest absolute Gasteiger partial charge is 0.425 e. The van der Waals surface area contributed by atoms with E-state index in [9.17, 15) is 9.18 Å². The Labute approximate surface area is 155 Å². The number of hydrogen-bond donors (Lipinski definition) is 0. The summed E-state index contributed by atoms with van der Waals surface area (Å²) >= 11 is 0. The van der Waals surface area contributed by atoms with Crippen LogP contribution in [-0.4, -0.2) is 5.97 Å². The predicted octanol–water partition coefficient (Wildman–Crippen LogP) is 5.67. The lowest BCUT2D eigenvalue weighted by Crippen LogP contribution is -2.30. The molecule has 1 heterocycles. The van der Waals surface area contributed by atoms with Crippen molar-refractivity contribution < 1.29 is 13.9 Å². The predicted molar refractivity (Wildman–Crippen MR) is 102 cm³/mol. The molecule has 0 spiro atoms. The molecule has 26 heavy (non-hydrogen) atoms. The van der Waals surface area contributed by atoms with Crippen molar-refractivity contribution in [1.82, 2.24) is 0 Å². The minimum absolute atomic E-state index is 0.0238. The highest BCUT2D eigenvalue weighted by molar-refractivity contribution is 5.84. The lowest BCUT2D eigenvalue weighted by molar-refractivity contribution is -0.137. The molecule has 0 aliphatic carbocycles. The van der Waals surface area contributed by atoms with E-state index in [2.05, 4.69) is 53.7 Å². The first-order valence-electron chi connectivity index (χ1n) is 9.12. The van der Waals surface area contributed by atoms with E-state index in [1.165, 1.54) is 11.6 Å². The quantitative estimate of drug-likeness (QED) is 0.487. The number of fused-ring (bicyclic) bond motifs is 1. The van der Waals surface area contributed by atoms with Crippen LogP contribution in [0.25, 0.3) is 0 Å². The fourth-order valence-corrected chi connectivity index (χ4v) is 3.42. The molecule has 0 saturated heterocycles. The molecular weight excluding hydrogens is 327 g/mol. The number of rotatable bonds is 1. The minimum atomic E-state index is -0.605. The van der Waals surface area contributed by atoms with Gasteiger partial charge in [0.25, 0.3) is 0 Å². The van der Waals surface area contributed by atoms with E-state index in [4.69, 9.17) is 4.74 Å². The maximum Gasteiger partial charge on any atom is 0.319 e. The number of halogens is 1. The smallest absolute Gasteiger partial charge is 0.319 e. The number of hydrogen-bond acceptors (Lipinski definition) is 2. The van der Waals surface area contributed by atoms with E-state index in [1.54, 1.807) is 18.2 Å². The van der Waals surface area contributed by atoms with Crippen LogP contribution in [0.15, 0.2) is 36.4 Å². The van der Waals surface area contributed by atoms with Gasteiger partial charge in [-0.3, -0.25) is 4.79 Å². The molecular formula is C23H27FO2. The van der Waals surface area contributed by atoms with Gasteiger partial charge in [-0.15, -0.1) is 0 Å². The molecule has 2 aromatic rings. The second-order valence-corrected chi connectivity index (χ2v) is 9.21. The van der Waals surface area contributed by atoms with Gasteiger partial charge in [0.1, 0.15) is 11.6 Å². The summed E-state index contributed by atoms with van der Waals surface area (Å²) in [6, 6.07) is 10.7. The average molecular weight is 354 g/mol. The summed E-state index contributed by atoms with van der Waals surface area (Å²) in [7, 11) is 0. The molecule has 1 atom stereocenters. The molecule has 0 radical (unpaired) electrons. The number of benzene rings is 2. The second-order valence-electron chi connectivity index (χ2n) is 9.21. The van der Waals surface area contributed by atoms with E-state index >= 15 is 0 Å². The van der Waals surface area contributed by atoms with Crippen LogP contribution >= 0.6 is 0 Å². The van der Waals surface area contributed by atoms with Crippen molar-refractivity contribution in [2.45, 2.75) is 64.7 Å². The van der Waals surface area contributed by atoms with Crippen LogP contribution < -0.4 is 4.74 Å². The lowest BCUT2D eigenvalue weighted by Gasteiger charge is -2.32. The van der Waals surface area contributed by atoms with E-state index in [0.717, 1.165) is 11.1 Å². The zero-order valence-corrected chi connectivity index (χ0v) is 16.4. The first-order chi connectivity index (χ1) is 12.0. The van der Waals surface area contributed by atoms with Gasteiger partial charge in [0.2, 0.25) is 0 Å². The number of carbonyl (C=O) groups is 1. The normalized spacial score (nSPS) is 17.7. The van der Waals surface area contributed by atoms with E-state index in [0.29, 0.717) is 17.7 Å². The summed E-state index contributed by atoms with van der Waals surface area (Å²) in [5.74, 6) is -0.688. The van der Waals surface area contributed by atoms with Crippen molar-refractivity contribution in [3.63, 3.8) is 0 Å². The molecule has 1 aliphatic rings. The Kier molecular flexibility index (Phi) is 4.46. The Morgan fingerprint density at radius 1 is 1.00 bits per heavy atom. The highest BCUT2D eigenvalue weighted by Gasteiger charge is 2.36. The molecule has 2 aromatic carbocycles. The van der Waals surface area contributed by atoms with Crippen LogP contribution in [0.2, 0.25) is 0 Å². The molecule has 1 unspecified atom stereocenters. The van der Waals surface area contributed by atoms with Crippen LogP contribution in [0.5, 0.6) is 5.75 Å². The summed E-state index contributed by atoms with van der Waals surface area (Å²) in [4.78, 5) is 12.7. The molecule has 3 heteroatoms. The fourth-order valence-electron chi connectivity index (χ4n) is 3.42. The van der Waals surface area contributed by atoms with Gasteiger partial charge in [-0.25, -0.2) is 4.39 Å². The van der Waals surface area contributed by atoms with Gasteiger partial charge in [0, 0.05) is 11.1 Å². The van der Waals surface area contributed by atoms with Crippen LogP contribution in [-0.2, 0) is 22.0 Å². The molecule has 0 saturated carbocycles. The zero-order valence-electron chi connectivity index (χ0n) is 16.4. The van der Waals surface area contributed by atoms with Crippen LogP contribution in [0.4, 0.5) is 4.39 Å². The first kappa shape index (κ1) is 18.6. The van der Waals surface area contributed by atoms with E-state index in [-0.39, 0.29) is 22.6 Å². The second kappa shape index (κ2) is 6.22. The van der Waals surface area contributed by atoms with E-state index in [1.807, 2.05) is 0 Å². The number of ether oxygens (including phenoxy) is 1. The lowest BCUT2D eigenvalue weighted by atomic mass is 9.76. The molecule has 0 aromatic heterocycles. The minimum Gasteiger partial charge on any atom is -0.425 e.